The van der Waals surface area contributed by atoms with Crippen molar-refractivity contribution < 1.29 is 9.59 Å². The van der Waals surface area contributed by atoms with Crippen LogP contribution >= 0.6 is 0 Å². The molecule has 8 heteroatoms. The van der Waals surface area contributed by atoms with Crippen LogP contribution in [0, 0.1) is 0 Å². The lowest BCUT2D eigenvalue weighted by Gasteiger charge is -2.22. The highest BCUT2D eigenvalue weighted by atomic mass is 16.2. The Morgan fingerprint density at radius 1 is 1.00 bits per heavy atom. The molecule has 2 aliphatic rings. The molecule has 1 atom stereocenters. The number of aromatic amines is 2. The number of carbonyl (C=O) groups is 2. The summed E-state index contributed by atoms with van der Waals surface area (Å²) in [6, 6.07) is 12.0. The number of carbonyl (C=O) groups excluding carboxylic acids is 2. The number of aromatic nitrogens is 4. The van der Waals surface area contributed by atoms with E-state index in [1.807, 2.05) is 42.6 Å². The number of hydrogen-bond donors (Lipinski definition) is 3. The number of hydrogen-bond acceptors (Lipinski definition) is 4. The minimum atomic E-state index is -0.726. The van der Waals surface area contributed by atoms with Crippen molar-refractivity contribution in [2.24, 2.45) is 0 Å². The predicted octanol–water partition coefficient (Wildman–Crippen LogP) is 3.63. The number of imidazole rings is 2. The Morgan fingerprint density at radius 3 is 2.63 bits per heavy atom. The second-order valence-corrected chi connectivity index (χ2v) is 7.75. The SMILES string of the molecule is O=C1NC(=O)N(c2ccc3nc[nH]c3c2)C1c1ccc(-c2cnc(C3CC3)[nH]2)cc1. The third kappa shape index (κ3) is 2.68. The van der Waals surface area contributed by atoms with Gasteiger partial charge in [-0.25, -0.2) is 14.8 Å². The number of imide groups is 1. The molecule has 2 aromatic heterocycles. The quantitative estimate of drug-likeness (QED) is 0.456. The van der Waals surface area contributed by atoms with Gasteiger partial charge in [-0.05, 0) is 42.2 Å². The number of H-pyrrole nitrogens is 2. The largest absolute Gasteiger partial charge is 0.345 e. The second kappa shape index (κ2) is 6.28. The van der Waals surface area contributed by atoms with Crippen molar-refractivity contribution in [2.75, 3.05) is 4.90 Å². The minimum absolute atomic E-state index is 0.338. The van der Waals surface area contributed by atoms with E-state index in [0.717, 1.165) is 33.7 Å². The molecule has 4 aromatic rings. The first-order chi connectivity index (χ1) is 14.7. The number of nitrogens with zero attached hydrogens (tertiary/aromatic N) is 3. The van der Waals surface area contributed by atoms with Crippen molar-refractivity contribution >= 4 is 28.7 Å². The summed E-state index contributed by atoms with van der Waals surface area (Å²) in [4.78, 5) is 41.7. The molecular formula is C22H18N6O2. The van der Waals surface area contributed by atoms with Crippen molar-refractivity contribution in [1.82, 2.24) is 25.3 Å². The van der Waals surface area contributed by atoms with Gasteiger partial charge in [0.1, 0.15) is 11.9 Å². The van der Waals surface area contributed by atoms with E-state index in [1.165, 1.54) is 17.7 Å². The number of nitrogens with one attached hydrogen (secondary N) is 3. The molecule has 2 fully saturated rings. The summed E-state index contributed by atoms with van der Waals surface area (Å²) in [7, 11) is 0. The van der Waals surface area contributed by atoms with Gasteiger partial charge in [0.15, 0.2) is 0 Å². The lowest BCUT2D eigenvalue weighted by Crippen LogP contribution is -2.29. The molecule has 0 radical (unpaired) electrons. The molecule has 3 N–H and O–H groups in total. The van der Waals surface area contributed by atoms with E-state index in [1.54, 1.807) is 12.4 Å². The number of anilines is 1. The lowest BCUT2D eigenvalue weighted by atomic mass is 10.0. The van der Waals surface area contributed by atoms with Crippen LogP contribution in [0.15, 0.2) is 55.0 Å². The third-order valence-corrected chi connectivity index (χ3v) is 5.73. The molecule has 1 unspecified atom stereocenters. The first-order valence-electron chi connectivity index (χ1n) is 9.90. The number of rotatable bonds is 4. The monoisotopic (exact) mass is 398 g/mol. The number of fused-ring (bicyclic) bond motifs is 1. The molecule has 1 saturated heterocycles. The average Bonchev–Trinajstić information content (AvgIpc) is 3.18. The summed E-state index contributed by atoms with van der Waals surface area (Å²) in [5.74, 6) is 1.26. The van der Waals surface area contributed by atoms with Crippen LogP contribution in [0.4, 0.5) is 10.5 Å². The van der Waals surface area contributed by atoms with Gasteiger partial charge in [-0.2, -0.15) is 0 Å². The van der Waals surface area contributed by atoms with Gasteiger partial charge in [0.2, 0.25) is 0 Å². The lowest BCUT2D eigenvalue weighted by molar-refractivity contribution is -0.119. The Hall–Kier alpha value is -3.94. The summed E-state index contributed by atoms with van der Waals surface area (Å²) in [6.45, 7) is 0. The van der Waals surface area contributed by atoms with Crippen molar-refractivity contribution in [1.29, 1.82) is 0 Å². The first kappa shape index (κ1) is 17.0. The van der Waals surface area contributed by atoms with Gasteiger partial charge in [0.25, 0.3) is 5.91 Å². The van der Waals surface area contributed by atoms with Crippen LogP contribution in [-0.2, 0) is 4.79 Å². The highest BCUT2D eigenvalue weighted by molar-refractivity contribution is 6.15. The molecule has 0 spiro atoms. The van der Waals surface area contributed by atoms with Gasteiger partial charge in [-0.1, -0.05) is 24.3 Å². The zero-order valence-electron chi connectivity index (χ0n) is 15.9. The van der Waals surface area contributed by atoms with Crippen LogP contribution < -0.4 is 10.2 Å². The molecule has 0 bridgehead atoms. The minimum Gasteiger partial charge on any atom is -0.345 e. The van der Waals surface area contributed by atoms with Crippen LogP contribution in [-0.4, -0.2) is 31.9 Å². The van der Waals surface area contributed by atoms with Crippen molar-refractivity contribution in [3.05, 3.63) is 66.4 Å². The molecule has 3 amide bonds. The maximum Gasteiger partial charge on any atom is 0.329 e. The fraction of sp³-hybridized carbons (Fsp3) is 0.182. The fourth-order valence-corrected chi connectivity index (χ4v) is 4.00. The van der Waals surface area contributed by atoms with Gasteiger partial charge in [0.05, 0.1) is 29.3 Å². The number of amides is 3. The van der Waals surface area contributed by atoms with Crippen LogP contribution in [0.1, 0.15) is 36.2 Å². The fourth-order valence-electron chi connectivity index (χ4n) is 4.00. The van der Waals surface area contributed by atoms with E-state index in [0.29, 0.717) is 11.6 Å². The zero-order valence-corrected chi connectivity index (χ0v) is 15.9. The molecule has 2 aromatic carbocycles. The highest BCUT2D eigenvalue weighted by Crippen LogP contribution is 2.39. The zero-order chi connectivity index (χ0) is 20.2. The predicted molar refractivity (Wildman–Crippen MR) is 111 cm³/mol. The van der Waals surface area contributed by atoms with Crippen molar-refractivity contribution in [3.63, 3.8) is 0 Å². The van der Waals surface area contributed by atoms with Gasteiger partial charge in [-0.15, -0.1) is 0 Å². The van der Waals surface area contributed by atoms with E-state index in [9.17, 15) is 9.59 Å². The number of urea groups is 1. The standard InChI is InChI=1S/C22H18N6O2/c29-21-19(28(22(30)27-21)15-7-8-16-17(9-15)25-11-24-16)13-3-1-12(2-4-13)18-10-23-20(26-18)14-5-6-14/h1-4,7-11,14,19H,5-6H2,(H,23,26)(H,24,25)(H,27,29,30). The molecular weight excluding hydrogens is 380 g/mol. The molecule has 3 heterocycles. The summed E-state index contributed by atoms with van der Waals surface area (Å²) >= 11 is 0. The molecule has 1 saturated carbocycles. The van der Waals surface area contributed by atoms with Gasteiger partial charge >= 0.3 is 6.03 Å². The highest BCUT2D eigenvalue weighted by Gasteiger charge is 2.40. The van der Waals surface area contributed by atoms with E-state index in [4.69, 9.17) is 0 Å². The van der Waals surface area contributed by atoms with Crippen LogP contribution in [0.5, 0.6) is 0 Å². The summed E-state index contributed by atoms with van der Waals surface area (Å²) < 4.78 is 0. The molecule has 6 rings (SSSR count). The molecule has 8 nitrogen and oxygen atoms in total. The first-order valence-corrected chi connectivity index (χ1v) is 9.90. The van der Waals surface area contributed by atoms with Crippen molar-refractivity contribution in [2.45, 2.75) is 24.8 Å². The summed E-state index contributed by atoms with van der Waals surface area (Å²) in [6.07, 6.45) is 5.83. The van der Waals surface area contributed by atoms with E-state index < -0.39 is 12.1 Å². The molecule has 1 aliphatic carbocycles. The topological polar surface area (TPSA) is 107 Å². The summed E-state index contributed by atoms with van der Waals surface area (Å²) in [5, 5.41) is 2.43. The Labute approximate surface area is 171 Å². The Balaban J connectivity index is 1.34. The second-order valence-electron chi connectivity index (χ2n) is 7.75. The van der Waals surface area contributed by atoms with Gasteiger partial charge < -0.3 is 9.97 Å². The van der Waals surface area contributed by atoms with E-state index in [2.05, 4.69) is 25.3 Å². The van der Waals surface area contributed by atoms with Crippen LogP contribution in [0.3, 0.4) is 0 Å². The normalized spacial score (nSPS) is 18.9. The average molecular weight is 398 g/mol. The van der Waals surface area contributed by atoms with Gasteiger partial charge in [0, 0.05) is 11.6 Å². The van der Waals surface area contributed by atoms with E-state index in [-0.39, 0.29) is 5.91 Å². The van der Waals surface area contributed by atoms with Crippen LogP contribution in [0.25, 0.3) is 22.3 Å². The summed E-state index contributed by atoms with van der Waals surface area (Å²) in [5.41, 5.74) is 4.93. The molecule has 1 aliphatic heterocycles. The van der Waals surface area contributed by atoms with Crippen molar-refractivity contribution in [3.8, 4) is 11.3 Å². The maximum absolute atomic E-state index is 12.6. The third-order valence-electron chi connectivity index (χ3n) is 5.73. The maximum atomic E-state index is 12.6. The van der Waals surface area contributed by atoms with E-state index >= 15 is 0 Å². The smallest absolute Gasteiger partial charge is 0.329 e. The molecule has 148 valence electrons. The Morgan fingerprint density at radius 2 is 1.83 bits per heavy atom. The van der Waals surface area contributed by atoms with Crippen LogP contribution in [0.2, 0.25) is 0 Å². The Bertz CT molecular complexity index is 1280. The number of benzene rings is 2. The molecule has 30 heavy (non-hydrogen) atoms. The Kier molecular flexibility index (Phi) is 3.55. The van der Waals surface area contributed by atoms with Gasteiger partial charge in [-0.3, -0.25) is 15.0 Å².